The molecule has 1 heterocycles. The van der Waals surface area contributed by atoms with Crippen molar-refractivity contribution in [2.75, 3.05) is 5.32 Å². The number of aromatic nitrogens is 1. The van der Waals surface area contributed by atoms with Gasteiger partial charge in [0.05, 0.1) is 5.52 Å². The molecule has 1 aromatic heterocycles. The summed E-state index contributed by atoms with van der Waals surface area (Å²) in [5.74, 6) is -0.232. The van der Waals surface area contributed by atoms with Crippen molar-refractivity contribution in [2.45, 2.75) is 19.8 Å². The number of carbonyl (C=O) groups excluding carboxylic acids is 2. The summed E-state index contributed by atoms with van der Waals surface area (Å²) in [7, 11) is 0. The zero-order chi connectivity index (χ0) is 16.2. The molecule has 2 aromatic carbocycles. The summed E-state index contributed by atoms with van der Waals surface area (Å²) in [6.45, 7) is 1.99. The molecule has 3 aromatic rings. The van der Waals surface area contributed by atoms with E-state index in [0.29, 0.717) is 0 Å². The molecular weight excluding hydrogens is 288 g/mol. The van der Waals surface area contributed by atoms with Crippen LogP contribution in [0.15, 0.2) is 60.8 Å². The van der Waals surface area contributed by atoms with Gasteiger partial charge in [-0.1, -0.05) is 35.9 Å². The lowest BCUT2D eigenvalue weighted by Gasteiger charge is -2.06. The van der Waals surface area contributed by atoms with Crippen LogP contribution in [0.3, 0.4) is 0 Å². The number of nitrogens with one attached hydrogen (secondary N) is 1. The van der Waals surface area contributed by atoms with Crippen molar-refractivity contribution in [3.63, 3.8) is 0 Å². The molecule has 0 aliphatic carbocycles. The number of fused-ring (bicyclic) bond motifs is 1. The van der Waals surface area contributed by atoms with Gasteiger partial charge in [0.15, 0.2) is 0 Å². The maximum atomic E-state index is 12.3. The molecule has 0 radical (unpaired) electrons. The average Bonchev–Trinajstić information content (AvgIpc) is 2.99. The standard InChI is InChI=1S/C19H18N2O2/c1-14-6-8-16(9-7-14)20-18(22)10-11-19(23)21-13-12-15-4-2-3-5-17(15)21/h2-9,12-13H,10-11H2,1H3,(H,20,22). The van der Waals surface area contributed by atoms with Crippen molar-refractivity contribution < 1.29 is 9.59 Å². The summed E-state index contributed by atoms with van der Waals surface area (Å²) in [6.07, 6.45) is 2.10. The Kier molecular flexibility index (Phi) is 4.24. The van der Waals surface area contributed by atoms with Crippen LogP contribution in [0.4, 0.5) is 5.69 Å². The molecule has 0 saturated carbocycles. The van der Waals surface area contributed by atoms with Gasteiger partial charge in [-0.2, -0.15) is 0 Å². The van der Waals surface area contributed by atoms with E-state index < -0.39 is 0 Å². The van der Waals surface area contributed by atoms with Gasteiger partial charge in [-0.3, -0.25) is 14.2 Å². The van der Waals surface area contributed by atoms with Gasteiger partial charge < -0.3 is 5.32 Å². The second-order valence-electron chi connectivity index (χ2n) is 5.55. The van der Waals surface area contributed by atoms with E-state index in [1.54, 1.807) is 10.8 Å². The number of benzene rings is 2. The average molecular weight is 306 g/mol. The first-order chi connectivity index (χ1) is 11.1. The lowest BCUT2D eigenvalue weighted by atomic mass is 10.2. The van der Waals surface area contributed by atoms with Crippen molar-refractivity contribution in [3.8, 4) is 0 Å². The molecule has 1 N–H and O–H groups in total. The van der Waals surface area contributed by atoms with Gasteiger partial charge in [-0.05, 0) is 31.2 Å². The molecule has 3 rings (SSSR count). The molecule has 1 amide bonds. The second-order valence-corrected chi connectivity index (χ2v) is 5.55. The molecule has 0 saturated heterocycles. The van der Waals surface area contributed by atoms with E-state index in [9.17, 15) is 9.59 Å². The number of para-hydroxylation sites is 1. The number of anilines is 1. The van der Waals surface area contributed by atoms with Crippen molar-refractivity contribution in [3.05, 3.63) is 66.4 Å². The molecule has 116 valence electrons. The molecule has 23 heavy (non-hydrogen) atoms. The molecule has 0 spiro atoms. The number of hydrogen-bond acceptors (Lipinski definition) is 2. The van der Waals surface area contributed by atoms with Crippen molar-refractivity contribution in [2.24, 2.45) is 0 Å². The Morgan fingerprint density at radius 3 is 2.48 bits per heavy atom. The first-order valence-electron chi connectivity index (χ1n) is 7.59. The Morgan fingerprint density at radius 1 is 0.957 bits per heavy atom. The minimum absolute atomic E-state index is 0.0785. The van der Waals surface area contributed by atoms with Gasteiger partial charge in [0, 0.05) is 30.1 Å². The molecule has 0 bridgehead atoms. The van der Waals surface area contributed by atoms with E-state index in [1.807, 2.05) is 61.5 Å². The van der Waals surface area contributed by atoms with Gasteiger partial charge in [0.25, 0.3) is 0 Å². The van der Waals surface area contributed by atoms with Gasteiger partial charge in [-0.25, -0.2) is 0 Å². The number of nitrogens with zero attached hydrogens (tertiary/aromatic N) is 1. The highest BCUT2D eigenvalue weighted by atomic mass is 16.2. The Labute approximate surface area is 134 Å². The molecule has 0 fully saturated rings. The highest BCUT2D eigenvalue weighted by molar-refractivity contribution is 5.96. The van der Waals surface area contributed by atoms with Crippen LogP contribution in [0.2, 0.25) is 0 Å². The van der Waals surface area contributed by atoms with Crippen molar-refractivity contribution >= 4 is 28.4 Å². The maximum absolute atomic E-state index is 12.3. The number of hydrogen-bond donors (Lipinski definition) is 1. The smallest absolute Gasteiger partial charge is 0.231 e. The third kappa shape index (κ3) is 3.48. The van der Waals surface area contributed by atoms with Gasteiger partial charge in [0.1, 0.15) is 0 Å². The highest BCUT2D eigenvalue weighted by Gasteiger charge is 2.11. The number of rotatable bonds is 4. The Morgan fingerprint density at radius 2 is 1.70 bits per heavy atom. The molecule has 0 atom stereocenters. The normalized spacial score (nSPS) is 10.7. The zero-order valence-electron chi connectivity index (χ0n) is 13.0. The third-order valence-corrected chi connectivity index (χ3v) is 3.77. The fourth-order valence-corrected chi connectivity index (χ4v) is 2.50. The fourth-order valence-electron chi connectivity index (χ4n) is 2.50. The molecule has 0 aliphatic rings. The number of aryl methyl sites for hydroxylation is 1. The second kappa shape index (κ2) is 6.48. The molecule has 4 nitrogen and oxygen atoms in total. The van der Waals surface area contributed by atoms with Crippen molar-refractivity contribution in [1.82, 2.24) is 4.57 Å². The predicted molar refractivity (Wildman–Crippen MR) is 91.6 cm³/mol. The van der Waals surface area contributed by atoms with Crippen LogP contribution in [0, 0.1) is 6.92 Å². The Bertz CT molecular complexity index is 847. The molecule has 4 heteroatoms. The lowest BCUT2D eigenvalue weighted by molar-refractivity contribution is -0.116. The quantitative estimate of drug-likeness (QED) is 0.792. The van der Waals surface area contributed by atoms with Crippen LogP contribution in [0.1, 0.15) is 23.2 Å². The monoisotopic (exact) mass is 306 g/mol. The first kappa shape index (κ1) is 15.0. The summed E-state index contributed by atoms with van der Waals surface area (Å²) in [4.78, 5) is 24.3. The number of amides is 1. The van der Waals surface area contributed by atoms with Gasteiger partial charge in [0.2, 0.25) is 11.8 Å². The van der Waals surface area contributed by atoms with Crippen molar-refractivity contribution in [1.29, 1.82) is 0 Å². The van der Waals surface area contributed by atoms with E-state index in [4.69, 9.17) is 0 Å². The van der Waals surface area contributed by atoms with Gasteiger partial charge in [-0.15, -0.1) is 0 Å². The summed E-state index contributed by atoms with van der Waals surface area (Å²) < 4.78 is 1.61. The first-order valence-corrected chi connectivity index (χ1v) is 7.59. The summed E-state index contributed by atoms with van der Waals surface area (Å²) in [6, 6.07) is 17.2. The largest absolute Gasteiger partial charge is 0.326 e. The summed E-state index contributed by atoms with van der Waals surface area (Å²) >= 11 is 0. The third-order valence-electron chi connectivity index (χ3n) is 3.77. The van der Waals surface area contributed by atoms with Crippen LogP contribution in [-0.4, -0.2) is 16.4 Å². The molecular formula is C19H18N2O2. The van der Waals surface area contributed by atoms with Crippen LogP contribution >= 0.6 is 0 Å². The summed E-state index contributed by atoms with van der Waals surface area (Å²) in [5.41, 5.74) is 2.76. The predicted octanol–water partition coefficient (Wildman–Crippen LogP) is 4.01. The minimum Gasteiger partial charge on any atom is -0.326 e. The van der Waals surface area contributed by atoms with E-state index in [1.165, 1.54) is 0 Å². The van der Waals surface area contributed by atoms with E-state index in [0.717, 1.165) is 22.2 Å². The Balaban J connectivity index is 1.60. The topological polar surface area (TPSA) is 51.1 Å². The summed E-state index contributed by atoms with van der Waals surface area (Å²) in [5, 5.41) is 3.83. The van der Waals surface area contributed by atoms with Crippen LogP contribution in [-0.2, 0) is 4.79 Å². The van der Waals surface area contributed by atoms with Crippen LogP contribution in [0.5, 0.6) is 0 Å². The van der Waals surface area contributed by atoms with E-state index in [-0.39, 0.29) is 24.7 Å². The van der Waals surface area contributed by atoms with Gasteiger partial charge >= 0.3 is 0 Å². The van der Waals surface area contributed by atoms with E-state index >= 15 is 0 Å². The zero-order valence-corrected chi connectivity index (χ0v) is 13.0. The number of carbonyl (C=O) groups is 2. The Hall–Kier alpha value is -2.88. The van der Waals surface area contributed by atoms with Crippen LogP contribution < -0.4 is 5.32 Å². The SMILES string of the molecule is Cc1ccc(NC(=O)CCC(=O)n2ccc3ccccc32)cc1. The van der Waals surface area contributed by atoms with Crippen LogP contribution in [0.25, 0.3) is 10.9 Å². The highest BCUT2D eigenvalue weighted by Crippen LogP contribution is 2.16. The fraction of sp³-hybridized carbons (Fsp3) is 0.158. The molecule has 0 aliphatic heterocycles. The molecule has 0 unspecified atom stereocenters. The minimum atomic E-state index is -0.154. The van der Waals surface area contributed by atoms with E-state index in [2.05, 4.69) is 5.32 Å². The maximum Gasteiger partial charge on any atom is 0.231 e. The lowest BCUT2D eigenvalue weighted by Crippen LogP contribution is -2.16.